The summed E-state index contributed by atoms with van der Waals surface area (Å²) in [5.74, 6) is 0.174. The average molecular weight is 550 g/mol. The van der Waals surface area contributed by atoms with Gasteiger partial charge in [0.15, 0.2) is 0 Å². The molecule has 0 radical (unpaired) electrons. The van der Waals surface area contributed by atoms with Gasteiger partial charge in [-0.1, -0.05) is 18.2 Å². The summed E-state index contributed by atoms with van der Waals surface area (Å²) in [4.78, 5) is 30.8. The molecular weight excluding hydrogens is 518 g/mol. The molecule has 204 valence electrons. The summed E-state index contributed by atoms with van der Waals surface area (Å²) < 4.78 is 0.978. The zero-order chi connectivity index (χ0) is 27.5. The first kappa shape index (κ1) is 26.9. The Balaban J connectivity index is 1.40. The molecule has 0 unspecified atom stereocenters. The summed E-state index contributed by atoms with van der Waals surface area (Å²) in [5.41, 5.74) is 3.67. The molecule has 12 heteroatoms. The van der Waals surface area contributed by atoms with E-state index < -0.39 is 24.2 Å². The monoisotopic (exact) mass is 549 g/mol. The van der Waals surface area contributed by atoms with Gasteiger partial charge < -0.3 is 31.3 Å². The van der Waals surface area contributed by atoms with E-state index in [-0.39, 0.29) is 18.9 Å². The molecule has 3 aromatic heterocycles. The highest BCUT2D eigenvalue weighted by molar-refractivity contribution is 7.21. The molecule has 3 heterocycles. The minimum Gasteiger partial charge on any atom is -0.396 e. The molecule has 39 heavy (non-hydrogen) atoms. The number of carbonyl (C=O) groups is 1. The van der Waals surface area contributed by atoms with Crippen LogP contribution in [0.3, 0.4) is 0 Å². The maximum Gasteiger partial charge on any atom is 0.226 e. The van der Waals surface area contributed by atoms with E-state index in [0.717, 1.165) is 21.6 Å². The molecule has 0 bridgehead atoms. The molecule has 0 spiro atoms. The van der Waals surface area contributed by atoms with Crippen LogP contribution in [0.25, 0.3) is 20.8 Å². The van der Waals surface area contributed by atoms with Gasteiger partial charge >= 0.3 is 0 Å². The molecule has 11 nitrogen and oxygen atoms in total. The first-order valence-corrected chi connectivity index (χ1v) is 13.6. The maximum atomic E-state index is 12.4. The highest BCUT2D eigenvalue weighted by Gasteiger charge is 2.41. The smallest absolute Gasteiger partial charge is 0.226 e. The molecule has 1 amide bonds. The van der Waals surface area contributed by atoms with Crippen molar-refractivity contribution < 1.29 is 20.1 Å². The first-order valence-electron chi connectivity index (χ1n) is 12.8. The van der Waals surface area contributed by atoms with Crippen LogP contribution in [0.2, 0.25) is 0 Å². The number of anilines is 3. The lowest BCUT2D eigenvalue weighted by Gasteiger charge is -2.21. The Morgan fingerprint density at radius 3 is 2.56 bits per heavy atom. The van der Waals surface area contributed by atoms with Gasteiger partial charge in [0.25, 0.3) is 0 Å². The SMILES string of the molecule is Cc1nc(NCCC(=O)Nc2ccccc2)nc(N[C@@H]2C[C@H](CO)[C@@H](O)[C@H]2O)c1-c1nc2c(C)nccc2s1. The van der Waals surface area contributed by atoms with Crippen molar-refractivity contribution >= 4 is 44.9 Å². The van der Waals surface area contributed by atoms with Crippen LogP contribution in [0, 0.1) is 19.8 Å². The fourth-order valence-corrected chi connectivity index (χ4v) is 5.87. The number of rotatable bonds is 9. The topological polar surface area (TPSA) is 165 Å². The molecular formula is C27H31N7O4S. The number of nitrogens with one attached hydrogen (secondary N) is 3. The molecule has 1 fully saturated rings. The Labute approximate surface area is 229 Å². The van der Waals surface area contributed by atoms with Crippen LogP contribution >= 0.6 is 11.3 Å². The molecule has 6 N–H and O–H groups in total. The predicted octanol–water partition coefficient (Wildman–Crippen LogP) is 2.72. The van der Waals surface area contributed by atoms with Gasteiger partial charge in [-0.3, -0.25) is 9.78 Å². The van der Waals surface area contributed by atoms with Crippen molar-refractivity contribution in [1.82, 2.24) is 19.9 Å². The van der Waals surface area contributed by atoms with Crippen LogP contribution in [0.1, 0.15) is 24.2 Å². The number of aromatic nitrogens is 4. The summed E-state index contributed by atoms with van der Waals surface area (Å²) in [7, 11) is 0. The quantitative estimate of drug-likeness (QED) is 0.183. The van der Waals surface area contributed by atoms with E-state index in [1.807, 2.05) is 50.2 Å². The van der Waals surface area contributed by atoms with E-state index in [2.05, 4.69) is 30.9 Å². The van der Waals surface area contributed by atoms with Crippen LogP contribution < -0.4 is 16.0 Å². The van der Waals surface area contributed by atoms with Gasteiger partial charge in [0.05, 0.1) is 33.8 Å². The van der Waals surface area contributed by atoms with Gasteiger partial charge in [-0.25, -0.2) is 9.97 Å². The summed E-state index contributed by atoms with van der Waals surface area (Å²) >= 11 is 1.49. The van der Waals surface area contributed by atoms with Gasteiger partial charge in [-0.15, -0.1) is 11.3 Å². The number of nitrogens with zero attached hydrogens (tertiary/aromatic N) is 4. The Kier molecular flexibility index (Phi) is 7.98. The van der Waals surface area contributed by atoms with E-state index in [1.165, 1.54) is 11.3 Å². The van der Waals surface area contributed by atoms with Crippen molar-refractivity contribution in [3.63, 3.8) is 0 Å². The number of pyridine rings is 1. The molecule has 4 atom stereocenters. The van der Waals surface area contributed by atoms with Crippen molar-refractivity contribution in [2.75, 3.05) is 29.1 Å². The number of aryl methyl sites for hydroxylation is 2. The van der Waals surface area contributed by atoms with Crippen LogP contribution in [0.4, 0.5) is 17.5 Å². The Morgan fingerprint density at radius 2 is 1.85 bits per heavy atom. The largest absolute Gasteiger partial charge is 0.396 e. The fourth-order valence-electron chi connectivity index (χ4n) is 4.76. The van der Waals surface area contributed by atoms with Crippen molar-refractivity contribution in [1.29, 1.82) is 0 Å². The molecule has 1 aliphatic carbocycles. The predicted molar refractivity (Wildman–Crippen MR) is 151 cm³/mol. The van der Waals surface area contributed by atoms with Crippen LogP contribution in [-0.4, -0.2) is 72.6 Å². The summed E-state index contributed by atoms with van der Waals surface area (Å²) in [6, 6.07) is 10.6. The van der Waals surface area contributed by atoms with Gasteiger partial charge in [-0.2, -0.15) is 4.98 Å². The lowest BCUT2D eigenvalue weighted by atomic mass is 10.1. The van der Waals surface area contributed by atoms with E-state index in [0.29, 0.717) is 41.0 Å². The molecule has 1 aromatic carbocycles. The third-order valence-corrected chi connectivity index (χ3v) is 7.88. The lowest BCUT2D eigenvalue weighted by molar-refractivity contribution is -0.115. The Bertz CT molecular complexity index is 1470. The highest BCUT2D eigenvalue weighted by atomic mass is 32.1. The number of thiazole rings is 1. The molecule has 1 aliphatic rings. The zero-order valence-electron chi connectivity index (χ0n) is 21.6. The van der Waals surface area contributed by atoms with E-state index in [1.54, 1.807) is 6.20 Å². The molecule has 4 aromatic rings. The maximum absolute atomic E-state index is 12.4. The third-order valence-electron chi connectivity index (χ3n) is 6.85. The number of aliphatic hydroxyl groups excluding tert-OH is 3. The first-order chi connectivity index (χ1) is 18.8. The van der Waals surface area contributed by atoms with E-state index in [4.69, 9.17) is 4.98 Å². The second-order valence-corrected chi connectivity index (χ2v) is 10.7. The Morgan fingerprint density at radius 1 is 1.05 bits per heavy atom. The minimum absolute atomic E-state index is 0.142. The normalized spacial score (nSPS) is 20.7. The van der Waals surface area contributed by atoms with Crippen LogP contribution in [0.15, 0.2) is 42.6 Å². The number of hydrogen-bond acceptors (Lipinski definition) is 11. The van der Waals surface area contributed by atoms with Gasteiger partial charge in [0, 0.05) is 37.4 Å². The third kappa shape index (κ3) is 5.83. The number of carbonyl (C=O) groups excluding carboxylic acids is 1. The summed E-state index contributed by atoms with van der Waals surface area (Å²) in [5, 5.41) is 40.6. The number of aliphatic hydroxyl groups is 3. The van der Waals surface area contributed by atoms with E-state index in [9.17, 15) is 20.1 Å². The standard InChI is InChI=1S/C27H31N7O4S/c1-14-21(26-33-22-15(2)28-10-8-19(22)39-26)25(32-18-12-16(13-35)23(37)24(18)38)34-27(30-14)29-11-9-20(36)31-17-6-4-3-5-7-17/h3-8,10,16,18,23-24,35,37-38H,9,11-13H2,1-2H3,(H,31,36)(H2,29,30,32,34)/t16-,18-,23-,24+/m1/s1. The number of hydrogen-bond donors (Lipinski definition) is 6. The van der Waals surface area contributed by atoms with E-state index >= 15 is 0 Å². The lowest BCUT2D eigenvalue weighted by Crippen LogP contribution is -2.35. The van der Waals surface area contributed by atoms with Crippen molar-refractivity contribution in [3.8, 4) is 10.6 Å². The van der Waals surface area contributed by atoms with Crippen molar-refractivity contribution in [2.45, 2.75) is 44.9 Å². The highest BCUT2D eigenvalue weighted by Crippen LogP contribution is 2.38. The van der Waals surface area contributed by atoms with Crippen LogP contribution in [-0.2, 0) is 4.79 Å². The van der Waals surface area contributed by atoms with Crippen molar-refractivity contribution in [2.24, 2.45) is 5.92 Å². The number of fused-ring (bicyclic) bond motifs is 1. The molecule has 1 saturated carbocycles. The molecule has 5 rings (SSSR count). The molecule has 0 saturated heterocycles. The second kappa shape index (κ2) is 11.6. The average Bonchev–Trinajstić information content (AvgIpc) is 3.46. The number of amides is 1. The summed E-state index contributed by atoms with van der Waals surface area (Å²) in [6.07, 6.45) is 0.194. The minimum atomic E-state index is -1.08. The van der Waals surface area contributed by atoms with Crippen molar-refractivity contribution in [3.05, 3.63) is 54.0 Å². The van der Waals surface area contributed by atoms with Gasteiger partial charge in [0.2, 0.25) is 11.9 Å². The second-order valence-electron chi connectivity index (χ2n) is 9.62. The van der Waals surface area contributed by atoms with Crippen LogP contribution in [0.5, 0.6) is 0 Å². The molecule has 0 aliphatic heterocycles. The number of para-hydroxylation sites is 1. The zero-order valence-corrected chi connectivity index (χ0v) is 22.4. The summed E-state index contributed by atoms with van der Waals surface area (Å²) in [6.45, 7) is 3.83. The Hall–Kier alpha value is -3.71. The van der Waals surface area contributed by atoms with Gasteiger partial charge in [0.1, 0.15) is 22.4 Å². The fraction of sp³-hybridized carbons (Fsp3) is 0.370. The number of benzene rings is 1. The van der Waals surface area contributed by atoms with Gasteiger partial charge in [-0.05, 0) is 38.5 Å².